The topological polar surface area (TPSA) is 67.4 Å². The number of hydrogen-bond donors (Lipinski definition) is 1. The SMILES string of the molecule is C=CCN1CCN(c2cc3c(cc2F)c(=O)c(-c2csc(N)n2)cn3CC)CC1. The first-order valence-corrected chi connectivity index (χ1v) is 10.6. The summed E-state index contributed by atoms with van der Waals surface area (Å²) < 4.78 is 17.0. The van der Waals surface area contributed by atoms with Crippen molar-refractivity contribution in [2.45, 2.75) is 13.5 Å². The Labute approximate surface area is 172 Å². The largest absolute Gasteiger partial charge is 0.375 e. The van der Waals surface area contributed by atoms with Gasteiger partial charge in [0.25, 0.3) is 0 Å². The molecule has 0 spiro atoms. The average molecular weight is 414 g/mol. The Kier molecular flexibility index (Phi) is 5.38. The summed E-state index contributed by atoms with van der Waals surface area (Å²) in [4.78, 5) is 21.6. The van der Waals surface area contributed by atoms with Crippen LogP contribution in [0.2, 0.25) is 0 Å². The van der Waals surface area contributed by atoms with Crippen molar-refractivity contribution in [1.29, 1.82) is 0 Å². The molecule has 4 rings (SSSR count). The number of rotatable bonds is 5. The lowest BCUT2D eigenvalue weighted by molar-refractivity contribution is 0.283. The van der Waals surface area contributed by atoms with Gasteiger partial charge in [0.2, 0.25) is 0 Å². The third-order valence-corrected chi connectivity index (χ3v) is 6.06. The van der Waals surface area contributed by atoms with Crippen LogP contribution >= 0.6 is 11.3 Å². The van der Waals surface area contributed by atoms with Crippen molar-refractivity contribution in [3.63, 3.8) is 0 Å². The standard InChI is InChI=1S/C21H24FN5OS/c1-3-5-25-6-8-27(9-7-25)19-11-18-14(10-16(19)22)20(28)15(12-26(18)4-2)17-13-29-21(23)24-17/h3,10-13H,1,4-9H2,2H3,(H2,23,24). The molecule has 1 fully saturated rings. The third-order valence-electron chi connectivity index (χ3n) is 5.39. The molecular weight excluding hydrogens is 389 g/mol. The van der Waals surface area contributed by atoms with E-state index in [1.54, 1.807) is 17.6 Å². The third kappa shape index (κ3) is 3.65. The molecule has 0 atom stereocenters. The van der Waals surface area contributed by atoms with Crippen LogP contribution in [0, 0.1) is 5.82 Å². The van der Waals surface area contributed by atoms with Gasteiger partial charge in [0.05, 0.1) is 22.5 Å². The summed E-state index contributed by atoms with van der Waals surface area (Å²) >= 11 is 1.28. The predicted octanol–water partition coefficient (Wildman–Crippen LogP) is 3.17. The second-order valence-electron chi connectivity index (χ2n) is 7.13. The molecule has 0 unspecified atom stereocenters. The second-order valence-corrected chi connectivity index (χ2v) is 8.02. The normalized spacial score (nSPS) is 15.2. The van der Waals surface area contributed by atoms with E-state index in [-0.39, 0.29) is 11.2 Å². The summed E-state index contributed by atoms with van der Waals surface area (Å²) in [6.07, 6.45) is 3.68. The number of hydrogen-bond acceptors (Lipinski definition) is 6. The Morgan fingerprint density at radius 3 is 2.69 bits per heavy atom. The first-order valence-electron chi connectivity index (χ1n) is 9.68. The maximum absolute atomic E-state index is 15.1. The monoisotopic (exact) mass is 413 g/mol. The molecule has 8 heteroatoms. The van der Waals surface area contributed by atoms with Gasteiger partial charge in [-0.2, -0.15) is 0 Å². The highest BCUT2D eigenvalue weighted by molar-refractivity contribution is 7.13. The molecule has 2 N–H and O–H groups in total. The Bertz CT molecular complexity index is 1110. The first kappa shape index (κ1) is 19.6. The van der Waals surface area contributed by atoms with Crippen LogP contribution in [0.1, 0.15) is 6.92 Å². The van der Waals surface area contributed by atoms with E-state index in [1.165, 1.54) is 17.4 Å². The number of thiazole rings is 1. The number of anilines is 2. The van der Waals surface area contributed by atoms with Gasteiger partial charge in [-0.15, -0.1) is 17.9 Å². The van der Waals surface area contributed by atoms with Crippen LogP contribution in [0.25, 0.3) is 22.2 Å². The first-order chi connectivity index (χ1) is 14.0. The molecule has 6 nitrogen and oxygen atoms in total. The Balaban J connectivity index is 1.78. The maximum Gasteiger partial charge on any atom is 0.198 e. The number of piperazine rings is 1. The van der Waals surface area contributed by atoms with Gasteiger partial charge in [0.1, 0.15) is 5.82 Å². The van der Waals surface area contributed by atoms with E-state index in [1.807, 2.05) is 22.5 Å². The van der Waals surface area contributed by atoms with Gasteiger partial charge in [-0.3, -0.25) is 9.69 Å². The number of fused-ring (bicyclic) bond motifs is 1. The molecular formula is C21H24FN5OS. The summed E-state index contributed by atoms with van der Waals surface area (Å²) in [5, 5.41) is 2.52. The fourth-order valence-electron chi connectivity index (χ4n) is 3.85. The number of benzene rings is 1. The van der Waals surface area contributed by atoms with Crippen LogP contribution in [-0.4, -0.2) is 47.2 Å². The second kappa shape index (κ2) is 7.96. The number of aryl methyl sites for hydroxylation is 1. The Morgan fingerprint density at radius 2 is 2.07 bits per heavy atom. The number of nitrogens with two attached hydrogens (primary N) is 1. The summed E-state index contributed by atoms with van der Waals surface area (Å²) in [5.74, 6) is -0.371. The lowest BCUT2D eigenvalue weighted by Gasteiger charge is -2.35. The van der Waals surface area contributed by atoms with Crippen molar-refractivity contribution in [2.24, 2.45) is 0 Å². The minimum atomic E-state index is -0.371. The quantitative estimate of drug-likeness (QED) is 0.651. The Hall–Kier alpha value is -2.71. The summed E-state index contributed by atoms with van der Waals surface area (Å²) in [7, 11) is 0. The van der Waals surface area contributed by atoms with Gasteiger partial charge in [-0.25, -0.2) is 9.37 Å². The number of aromatic nitrogens is 2. The number of pyridine rings is 1. The van der Waals surface area contributed by atoms with Gasteiger partial charge in [0.15, 0.2) is 10.6 Å². The van der Waals surface area contributed by atoms with Crippen LogP contribution in [-0.2, 0) is 6.54 Å². The fraction of sp³-hybridized carbons (Fsp3) is 0.333. The van der Waals surface area contributed by atoms with Crippen molar-refractivity contribution in [3.8, 4) is 11.3 Å². The lowest BCUT2D eigenvalue weighted by atomic mass is 10.1. The van der Waals surface area contributed by atoms with Gasteiger partial charge < -0.3 is 15.2 Å². The minimum Gasteiger partial charge on any atom is -0.375 e. The number of nitrogen functional groups attached to an aromatic ring is 1. The molecule has 0 bridgehead atoms. The van der Waals surface area contributed by atoms with E-state index >= 15 is 4.39 Å². The van der Waals surface area contributed by atoms with Crippen molar-refractivity contribution in [1.82, 2.24) is 14.5 Å². The average Bonchev–Trinajstić information content (AvgIpc) is 3.15. The summed E-state index contributed by atoms with van der Waals surface area (Å²) in [5.41, 5.74) is 7.75. The summed E-state index contributed by atoms with van der Waals surface area (Å²) in [6, 6.07) is 3.17. The van der Waals surface area contributed by atoms with Crippen LogP contribution in [0.15, 0.2) is 41.2 Å². The molecule has 0 radical (unpaired) electrons. The van der Waals surface area contributed by atoms with Crippen LogP contribution < -0.4 is 16.1 Å². The number of nitrogens with zero attached hydrogens (tertiary/aromatic N) is 4. The molecule has 2 aromatic heterocycles. The molecule has 29 heavy (non-hydrogen) atoms. The zero-order valence-corrected chi connectivity index (χ0v) is 17.2. The molecule has 1 aliphatic rings. The van der Waals surface area contributed by atoms with E-state index in [4.69, 9.17) is 5.73 Å². The van der Waals surface area contributed by atoms with Crippen molar-refractivity contribution >= 4 is 33.1 Å². The molecule has 0 amide bonds. The highest BCUT2D eigenvalue weighted by Crippen LogP contribution is 2.28. The smallest absolute Gasteiger partial charge is 0.198 e. The highest BCUT2D eigenvalue weighted by atomic mass is 32.1. The van der Waals surface area contributed by atoms with Crippen LogP contribution in [0.3, 0.4) is 0 Å². The van der Waals surface area contributed by atoms with Gasteiger partial charge in [-0.1, -0.05) is 6.08 Å². The maximum atomic E-state index is 15.1. The van der Waals surface area contributed by atoms with E-state index in [0.717, 1.165) is 38.2 Å². The Morgan fingerprint density at radius 1 is 1.31 bits per heavy atom. The zero-order valence-electron chi connectivity index (χ0n) is 16.4. The molecule has 3 heterocycles. The zero-order chi connectivity index (χ0) is 20.5. The summed E-state index contributed by atoms with van der Waals surface area (Å²) in [6.45, 7) is 10.5. The van der Waals surface area contributed by atoms with Gasteiger partial charge in [0, 0.05) is 56.2 Å². The number of halogens is 1. The molecule has 152 valence electrons. The minimum absolute atomic E-state index is 0.226. The van der Waals surface area contributed by atoms with Crippen molar-refractivity contribution < 1.29 is 4.39 Å². The van der Waals surface area contributed by atoms with Crippen molar-refractivity contribution in [3.05, 3.63) is 52.4 Å². The lowest BCUT2D eigenvalue weighted by Crippen LogP contribution is -2.46. The molecule has 3 aromatic rings. The van der Waals surface area contributed by atoms with Gasteiger partial charge in [-0.05, 0) is 19.1 Å². The van der Waals surface area contributed by atoms with E-state index in [9.17, 15) is 4.79 Å². The van der Waals surface area contributed by atoms with Crippen LogP contribution in [0.5, 0.6) is 0 Å². The molecule has 1 aromatic carbocycles. The van der Waals surface area contributed by atoms with Gasteiger partial charge >= 0.3 is 0 Å². The van der Waals surface area contributed by atoms with Crippen LogP contribution in [0.4, 0.5) is 15.2 Å². The van der Waals surface area contributed by atoms with E-state index < -0.39 is 0 Å². The van der Waals surface area contributed by atoms with E-state index in [0.29, 0.717) is 34.0 Å². The fourth-order valence-corrected chi connectivity index (χ4v) is 4.41. The predicted molar refractivity (Wildman–Crippen MR) is 118 cm³/mol. The van der Waals surface area contributed by atoms with E-state index in [2.05, 4.69) is 16.5 Å². The highest BCUT2D eigenvalue weighted by Gasteiger charge is 2.21. The molecule has 0 aliphatic carbocycles. The molecule has 1 saturated heterocycles. The molecule has 1 aliphatic heterocycles. The molecule has 0 saturated carbocycles. The van der Waals surface area contributed by atoms with Crippen molar-refractivity contribution in [2.75, 3.05) is 43.4 Å².